The van der Waals surface area contributed by atoms with Gasteiger partial charge in [0.05, 0.1) is 29.5 Å². The number of carbonyl (C=O) groups excluding carboxylic acids is 1. The van der Waals surface area contributed by atoms with E-state index >= 15 is 0 Å². The van der Waals surface area contributed by atoms with Crippen LogP contribution >= 0.6 is 0 Å². The van der Waals surface area contributed by atoms with Crippen molar-refractivity contribution in [1.29, 1.82) is 0 Å². The molecule has 120 valence electrons. The minimum absolute atomic E-state index is 0.0226. The van der Waals surface area contributed by atoms with E-state index in [-0.39, 0.29) is 23.4 Å². The molecule has 0 spiro atoms. The number of aromatic carboxylic acids is 1. The van der Waals surface area contributed by atoms with Crippen LogP contribution in [-0.4, -0.2) is 32.1 Å². The lowest BCUT2D eigenvalue weighted by Crippen LogP contribution is -2.24. The van der Waals surface area contributed by atoms with Gasteiger partial charge < -0.3 is 15.5 Å². The lowest BCUT2D eigenvalue weighted by Gasteiger charge is -2.09. The molecule has 0 saturated carbocycles. The highest BCUT2D eigenvalue weighted by Gasteiger charge is 2.21. The summed E-state index contributed by atoms with van der Waals surface area (Å²) in [6.45, 7) is -0.0372. The molecule has 0 fully saturated rings. The lowest BCUT2D eigenvalue weighted by molar-refractivity contribution is -0.113. The van der Waals surface area contributed by atoms with Gasteiger partial charge in [-0.05, 0) is 18.2 Å². The molecule has 1 aromatic heterocycles. The van der Waals surface area contributed by atoms with Gasteiger partial charge in [0, 0.05) is 5.56 Å². The number of ketones is 1. The molecule has 7 heteroatoms. The molecule has 2 aromatic carbocycles. The molecule has 0 atom stereocenters. The Morgan fingerprint density at radius 2 is 1.75 bits per heavy atom. The van der Waals surface area contributed by atoms with E-state index in [0.29, 0.717) is 0 Å². The van der Waals surface area contributed by atoms with E-state index in [1.807, 2.05) is 24.3 Å². The van der Waals surface area contributed by atoms with Crippen LogP contribution < -0.4 is 5.84 Å². The van der Waals surface area contributed by atoms with Gasteiger partial charge in [0.15, 0.2) is 0 Å². The van der Waals surface area contributed by atoms with Gasteiger partial charge >= 0.3 is 5.97 Å². The number of nitrogens with two attached hydrogens (primary N) is 1. The summed E-state index contributed by atoms with van der Waals surface area (Å²) in [6.07, 6.45) is 1.56. The van der Waals surface area contributed by atoms with Crippen LogP contribution in [0.4, 0.5) is 0 Å². The monoisotopic (exact) mass is 322 g/mol. The first-order chi connectivity index (χ1) is 11.6. The SMILES string of the molecule is N/N=C(/C(=O)Cn1cnc2ccccc21)c1ccccc1C(=O)O. The second-order valence-electron chi connectivity index (χ2n) is 5.11. The third kappa shape index (κ3) is 2.74. The summed E-state index contributed by atoms with van der Waals surface area (Å²) in [6, 6.07) is 13.5. The highest BCUT2D eigenvalue weighted by molar-refractivity contribution is 6.47. The summed E-state index contributed by atoms with van der Waals surface area (Å²) < 4.78 is 1.67. The number of rotatable bonds is 5. The minimum atomic E-state index is -1.15. The number of para-hydroxylation sites is 2. The van der Waals surface area contributed by atoms with Crippen LogP contribution in [0.15, 0.2) is 60.0 Å². The summed E-state index contributed by atoms with van der Waals surface area (Å²) in [5.74, 6) is 3.83. The Labute approximate surface area is 137 Å². The number of nitrogens with zero attached hydrogens (tertiary/aromatic N) is 3. The van der Waals surface area contributed by atoms with Gasteiger partial charge in [-0.25, -0.2) is 9.78 Å². The average molecular weight is 322 g/mol. The Hall–Kier alpha value is -3.48. The van der Waals surface area contributed by atoms with E-state index < -0.39 is 11.8 Å². The van der Waals surface area contributed by atoms with E-state index in [4.69, 9.17) is 5.84 Å². The number of carboxylic acid groups (broad SMARTS) is 1. The highest BCUT2D eigenvalue weighted by atomic mass is 16.4. The molecular weight excluding hydrogens is 308 g/mol. The molecule has 0 saturated heterocycles. The number of carbonyl (C=O) groups is 2. The number of hydrogen-bond acceptors (Lipinski definition) is 5. The van der Waals surface area contributed by atoms with Gasteiger partial charge in [0.1, 0.15) is 5.71 Å². The minimum Gasteiger partial charge on any atom is -0.478 e. The van der Waals surface area contributed by atoms with Gasteiger partial charge in [-0.2, -0.15) is 5.10 Å². The van der Waals surface area contributed by atoms with Crippen molar-refractivity contribution < 1.29 is 14.7 Å². The fraction of sp³-hybridized carbons (Fsp3) is 0.0588. The zero-order valence-corrected chi connectivity index (χ0v) is 12.6. The van der Waals surface area contributed by atoms with Crippen LogP contribution in [0.1, 0.15) is 15.9 Å². The molecule has 3 N–H and O–H groups in total. The summed E-state index contributed by atoms with van der Waals surface area (Å²) in [7, 11) is 0. The van der Waals surface area contributed by atoms with Crippen molar-refractivity contribution in [2.75, 3.05) is 0 Å². The molecule has 1 heterocycles. The summed E-state index contributed by atoms with van der Waals surface area (Å²) >= 11 is 0. The maximum atomic E-state index is 12.6. The summed E-state index contributed by atoms with van der Waals surface area (Å²) in [4.78, 5) is 28.2. The fourth-order valence-electron chi connectivity index (χ4n) is 2.53. The lowest BCUT2D eigenvalue weighted by atomic mass is 10.00. The van der Waals surface area contributed by atoms with Crippen LogP contribution in [0, 0.1) is 0 Å². The van der Waals surface area contributed by atoms with Crippen molar-refractivity contribution in [2.45, 2.75) is 6.54 Å². The first-order valence-electron chi connectivity index (χ1n) is 7.15. The van der Waals surface area contributed by atoms with Crippen molar-refractivity contribution in [3.8, 4) is 0 Å². The van der Waals surface area contributed by atoms with Gasteiger partial charge in [-0.1, -0.05) is 30.3 Å². The summed E-state index contributed by atoms with van der Waals surface area (Å²) in [5, 5.41) is 12.8. The second-order valence-corrected chi connectivity index (χ2v) is 5.11. The van der Waals surface area contributed by atoms with Gasteiger partial charge in [-0.3, -0.25) is 4.79 Å². The molecule has 0 aliphatic heterocycles. The molecule has 0 radical (unpaired) electrons. The molecule has 0 bridgehead atoms. The number of Topliss-reactive ketones (excluding diaryl/α,β-unsaturated/α-hetero) is 1. The molecular formula is C17H14N4O3. The van der Waals surface area contributed by atoms with E-state index in [1.165, 1.54) is 12.1 Å². The third-order valence-corrected chi connectivity index (χ3v) is 3.65. The van der Waals surface area contributed by atoms with Crippen molar-refractivity contribution in [1.82, 2.24) is 9.55 Å². The topological polar surface area (TPSA) is 111 Å². The predicted octanol–water partition coefficient (Wildman–Crippen LogP) is 1.67. The molecule has 3 rings (SSSR count). The third-order valence-electron chi connectivity index (χ3n) is 3.65. The number of fused-ring (bicyclic) bond motifs is 1. The molecule has 0 aliphatic carbocycles. The average Bonchev–Trinajstić information content (AvgIpc) is 2.99. The quantitative estimate of drug-likeness (QED) is 0.422. The van der Waals surface area contributed by atoms with E-state index in [0.717, 1.165) is 11.0 Å². The van der Waals surface area contributed by atoms with Gasteiger partial charge in [0.2, 0.25) is 5.78 Å². The molecule has 3 aromatic rings. The fourth-order valence-corrected chi connectivity index (χ4v) is 2.53. The van der Waals surface area contributed by atoms with Crippen LogP contribution in [0.25, 0.3) is 11.0 Å². The van der Waals surface area contributed by atoms with Crippen molar-refractivity contribution >= 4 is 28.5 Å². The number of imidazole rings is 1. The van der Waals surface area contributed by atoms with Crippen LogP contribution in [0.5, 0.6) is 0 Å². The van der Waals surface area contributed by atoms with Gasteiger partial charge in [0.25, 0.3) is 0 Å². The first kappa shape index (κ1) is 15.4. The van der Waals surface area contributed by atoms with E-state index in [1.54, 1.807) is 23.0 Å². The number of benzene rings is 2. The number of hydrogen-bond donors (Lipinski definition) is 2. The Morgan fingerprint density at radius 1 is 1.08 bits per heavy atom. The zero-order valence-electron chi connectivity index (χ0n) is 12.6. The Kier molecular flexibility index (Phi) is 4.07. The molecule has 0 unspecified atom stereocenters. The van der Waals surface area contributed by atoms with Crippen LogP contribution in [-0.2, 0) is 11.3 Å². The second kappa shape index (κ2) is 6.33. The predicted molar refractivity (Wildman–Crippen MR) is 88.9 cm³/mol. The molecule has 0 amide bonds. The van der Waals surface area contributed by atoms with Crippen LogP contribution in [0.2, 0.25) is 0 Å². The smallest absolute Gasteiger partial charge is 0.336 e. The molecule has 7 nitrogen and oxygen atoms in total. The number of hydrazone groups is 1. The standard InChI is InChI=1S/C17H14N4O3/c18-20-16(11-5-1-2-6-12(11)17(23)24)15(22)9-21-10-19-13-7-3-4-8-14(13)21/h1-8,10H,9,18H2,(H,23,24)/b20-16+. The Balaban J connectivity index is 1.95. The normalized spacial score (nSPS) is 11.6. The molecule has 0 aliphatic rings. The van der Waals surface area contributed by atoms with E-state index in [9.17, 15) is 14.7 Å². The van der Waals surface area contributed by atoms with E-state index in [2.05, 4.69) is 10.1 Å². The largest absolute Gasteiger partial charge is 0.478 e. The van der Waals surface area contributed by atoms with Gasteiger partial charge in [-0.15, -0.1) is 0 Å². The first-order valence-corrected chi connectivity index (χ1v) is 7.15. The van der Waals surface area contributed by atoms with Crippen molar-refractivity contribution in [2.24, 2.45) is 10.9 Å². The Bertz CT molecular complexity index is 959. The number of aromatic nitrogens is 2. The Morgan fingerprint density at radius 3 is 2.46 bits per heavy atom. The zero-order chi connectivity index (χ0) is 17.1. The number of carboxylic acids is 1. The molecule has 24 heavy (non-hydrogen) atoms. The van der Waals surface area contributed by atoms with Crippen molar-refractivity contribution in [3.63, 3.8) is 0 Å². The summed E-state index contributed by atoms with van der Waals surface area (Å²) in [5.41, 5.74) is 1.66. The van der Waals surface area contributed by atoms with Crippen molar-refractivity contribution in [3.05, 3.63) is 66.0 Å². The maximum Gasteiger partial charge on any atom is 0.336 e. The van der Waals surface area contributed by atoms with Crippen LogP contribution in [0.3, 0.4) is 0 Å². The maximum absolute atomic E-state index is 12.6. The highest BCUT2D eigenvalue weighted by Crippen LogP contribution is 2.14.